The summed E-state index contributed by atoms with van der Waals surface area (Å²) in [5.41, 5.74) is -0.454. The number of nitrogens with one attached hydrogen (secondary N) is 1. The molecule has 6 nitrogen and oxygen atoms in total. The predicted octanol–water partition coefficient (Wildman–Crippen LogP) is 2.47. The van der Waals surface area contributed by atoms with E-state index in [0.29, 0.717) is 24.6 Å². The zero-order chi connectivity index (χ0) is 18.2. The molecule has 0 aromatic heterocycles. The van der Waals surface area contributed by atoms with Crippen LogP contribution in [0.1, 0.15) is 32.3 Å². The first-order chi connectivity index (χ1) is 11.8. The van der Waals surface area contributed by atoms with E-state index in [9.17, 15) is 14.4 Å². The second-order valence-electron chi connectivity index (χ2n) is 7.02. The summed E-state index contributed by atoms with van der Waals surface area (Å²) in [6, 6.07) is 6.71. The molecular weight excluding hydrogens is 386 g/mol. The molecule has 0 radical (unpaired) electrons. The van der Waals surface area contributed by atoms with Crippen molar-refractivity contribution in [2.45, 2.75) is 32.2 Å². The van der Waals surface area contributed by atoms with E-state index in [1.54, 1.807) is 24.0 Å². The van der Waals surface area contributed by atoms with Crippen LogP contribution in [0, 0.1) is 5.92 Å². The first kappa shape index (κ1) is 17.9. The molecule has 25 heavy (non-hydrogen) atoms. The van der Waals surface area contributed by atoms with Crippen molar-refractivity contribution in [2.75, 3.05) is 19.6 Å². The van der Waals surface area contributed by atoms with Gasteiger partial charge < -0.3 is 10.2 Å². The zero-order valence-electron chi connectivity index (χ0n) is 14.4. The number of nitrogens with zero attached hydrogens (tertiary/aromatic N) is 2. The molecular formula is C18H22BrN3O3. The number of urea groups is 1. The molecule has 1 aromatic rings. The zero-order valence-corrected chi connectivity index (χ0v) is 16.0. The lowest BCUT2D eigenvalue weighted by Crippen LogP contribution is -2.46. The van der Waals surface area contributed by atoms with Crippen molar-refractivity contribution in [2.24, 2.45) is 5.92 Å². The van der Waals surface area contributed by atoms with Crippen LogP contribution in [0.3, 0.4) is 0 Å². The summed E-state index contributed by atoms with van der Waals surface area (Å²) in [6.45, 7) is 5.01. The van der Waals surface area contributed by atoms with Gasteiger partial charge in [-0.15, -0.1) is 0 Å². The van der Waals surface area contributed by atoms with E-state index < -0.39 is 17.5 Å². The molecule has 2 fully saturated rings. The van der Waals surface area contributed by atoms with Gasteiger partial charge in [0.05, 0.1) is 0 Å². The molecule has 1 N–H and O–H groups in total. The van der Waals surface area contributed by atoms with Crippen molar-refractivity contribution in [1.82, 2.24) is 15.1 Å². The average molecular weight is 408 g/mol. The quantitative estimate of drug-likeness (QED) is 0.782. The number of carbonyl (C=O) groups is 3. The van der Waals surface area contributed by atoms with Crippen molar-refractivity contribution in [3.63, 3.8) is 0 Å². The van der Waals surface area contributed by atoms with Crippen LogP contribution in [-0.2, 0) is 15.1 Å². The molecule has 4 amide bonds. The molecule has 0 spiro atoms. The lowest BCUT2D eigenvalue weighted by Gasteiger charge is -2.31. The van der Waals surface area contributed by atoms with Crippen LogP contribution in [0.5, 0.6) is 0 Å². The Morgan fingerprint density at radius 2 is 1.84 bits per heavy atom. The van der Waals surface area contributed by atoms with Gasteiger partial charge in [0.15, 0.2) is 0 Å². The van der Waals surface area contributed by atoms with E-state index in [2.05, 4.69) is 28.2 Å². The molecule has 2 aliphatic rings. The van der Waals surface area contributed by atoms with Crippen molar-refractivity contribution in [3.05, 3.63) is 34.3 Å². The first-order valence-corrected chi connectivity index (χ1v) is 9.28. The summed E-state index contributed by atoms with van der Waals surface area (Å²) < 4.78 is 0.892. The maximum absolute atomic E-state index is 12.9. The Labute approximate surface area is 155 Å². The number of imide groups is 1. The molecule has 3 rings (SSSR count). The highest BCUT2D eigenvalue weighted by Crippen LogP contribution is 2.29. The molecule has 0 bridgehead atoms. The predicted molar refractivity (Wildman–Crippen MR) is 96.7 cm³/mol. The van der Waals surface area contributed by atoms with E-state index in [1.165, 1.54) is 0 Å². The minimum absolute atomic E-state index is 0.171. The molecule has 1 aromatic carbocycles. The van der Waals surface area contributed by atoms with E-state index in [-0.39, 0.29) is 12.5 Å². The molecule has 2 saturated heterocycles. The van der Waals surface area contributed by atoms with E-state index in [1.807, 2.05) is 12.1 Å². The number of piperidine rings is 1. The summed E-state index contributed by atoms with van der Waals surface area (Å²) in [4.78, 5) is 40.4. The Kier molecular flexibility index (Phi) is 4.86. The van der Waals surface area contributed by atoms with Crippen LogP contribution in [0.25, 0.3) is 0 Å². The van der Waals surface area contributed by atoms with E-state index >= 15 is 0 Å². The van der Waals surface area contributed by atoms with E-state index in [0.717, 1.165) is 22.2 Å². The van der Waals surface area contributed by atoms with Gasteiger partial charge in [-0.2, -0.15) is 0 Å². The van der Waals surface area contributed by atoms with Crippen LogP contribution in [-0.4, -0.2) is 47.3 Å². The normalized spacial score (nSPS) is 24.6. The fourth-order valence-corrected chi connectivity index (χ4v) is 3.58. The number of hydrogen-bond donors (Lipinski definition) is 1. The molecule has 2 aliphatic heterocycles. The fraction of sp³-hybridized carbons (Fsp3) is 0.500. The van der Waals surface area contributed by atoms with Gasteiger partial charge in [-0.25, -0.2) is 4.79 Å². The highest BCUT2D eigenvalue weighted by atomic mass is 79.9. The largest absolute Gasteiger partial charge is 0.341 e. The number of amides is 4. The summed E-state index contributed by atoms with van der Waals surface area (Å²) >= 11 is 3.36. The number of benzene rings is 1. The minimum atomic E-state index is -1.14. The van der Waals surface area contributed by atoms with Gasteiger partial charge in [0.2, 0.25) is 5.91 Å². The van der Waals surface area contributed by atoms with Crippen LogP contribution in [0.4, 0.5) is 4.79 Å². The molecule has 2 heterocycles. The number of carbonyl (C=O) groups excluding carboxylic acids is 3. The van der Waals surface area contributed by atoms with Gasteiger partial charge in [-0.05, 0) is 43.4 Å². The SMILES string of the molecule is CC1CCN(C(=O)CN2C(=O)N[C@@](C)(c3ccc(Br)cc3)C2=O)CC1. The second-order valence-corrected chi connectivity index (χ2v) is 7.93. The Morgan fingerprint density at radius 1 is 1.24 bits per heavy atom. The smallest absolute Gasteiger partial charge is 0.325 e. The standard InChI is InChI=1S/C18H22BrN3O3/c1-12-7-9-21(10-8-12)15(23)11-22-16(24)18(2,20-17(22)25)13-3-5-14(19)6-4-13/h3-6,12H,7-11H2,1-2H3,(H,20,25)/t18-/m0/s1. The highest BCUT2D eigenvalue weighted by molar-refractivity contribution is 9.10. The lowest BCUT2D eigenvalue weighted by molar-refractivity contribution is -0.139. The topological polar surface area (TPSA) is 69.7 Å². The van der Waals surface area contributed by atoms with Crippen molar-refractivity contribution >= 4 is 33.8 Å². The Morgan fingerprint density at radius 3 is 2.44 bits per heavy atom. The third kappa shape index (κ3) is 3.42. The van der Waals surface area contributed by atoms with Crippen molar-refractivity contribution in [3.8, 4) is 0 Å². The average Bonchev–Trinajstić information content (AvgIpc) is 2.80. The summed E-state index contributed by atoms with van der Waals surface area (Å²) in [7, 11) is 0. The molecule has 1 atom stereocenters. The summed E-state index contributed by atoms with van der Waals surface area (Å²) in [5, 5.41) is 2.73. The van der Waals surface area contributed by atoms with Crippen molar-refractivity contribution < 1.29 is 14.4 Å². The highest BCUT2D eigenvalue weighted by Gasteiger charge is 2.49. The van der Waals surface area contributed by atoms with Gasteiger partial charge in [-0.1, -0.05) is 35.0 Å². The maximum Gasteiger partial charge on any atom is 0.325 e. The van der Waals surface area contributed by atoms with Gasteiger partial charge in [0, 0.05) is 17.6 Å². The maximum atomic E-state index is 12.9. The summed E-state index contributed by atoms with van der Waals surface area (Å²) in [6.07, 6.45) is 1.92. The molecule has 7 heteroatoms. The van der Waals surface area contributed by atoms with Gasteiger partial charge >= 0.3 is 6.03 Å². The van der Waals surface area contributed by atoms with Gasteiger partial charge in [0.25, 0.3) is 5.91 Å². The van der Waals surface area contributed by atoms with Crippen LogP contribution in [0.15, 0.2) is 28.7 Å². The summed E-state index contributed by atoms with van der Waals surface area (Å²) in [5.74, 6) is 0.0514. The minimum Gasteiger partial charge on any atom is -0.341 e. The van der Waals surface area contributed by atoms with Gasteiger partial charge in [-0.3, -0.25) is 14.5 Å². The van der Waals surface area contributed by atoms with Crippen molar-refractivity contribution in [1.29, 1.82) is 0 Å². The Hall–Kier alpha value is -1.89. The third-order valence-electron chi connectivity index (χ3n) is 5.13. The monoisotopic (exact) mass is 407 g/mol. The fourth-order valence-electron chi connectivity index (χ4n) is 3.31. The number of rotatable bonds is 3. The van der Waals surface area contributed by atoms with Crippen LogP contribution < -0.4 is 5.32 Å². The molecule has 134 valence electrons. The Balaban J connectivity index is 1.73. The second kappa shape index (κ2) is 6.78. The van der Waals surface area contributed by atoms with Crippen LogP contribution in [0.2, 0.25) is 0 Å². The number of halogens is 1. The third-order valence-corrected chi connectivity index (χ3v) is 5.65. The van der Waals surface area contributed by atoms with Crippen LogP contribution >= 0.6 is 15.9 Å². The molecule has 0 unspecified atom stereocenters. The first-order valence-electron chi connectivity index (χ1n) is 8.49. The number of likely N-dealkylation sites (tertiary alicyclic amines) is 1. The Bertz CT molecular complexity index is 698. The number of hydrogen-bond acceptors (Lipinski definition) is 3. The lowest BCUT2D eigenvalue weighted by atomic mass is 9.92. The van der Waals surface area contributed by atoms with E-state index in [4.69, 9.17) is 0 Å². The molecule has 0 saturated carbocycles. The molecule has 0 aliphatic carbocycles. The van der Waals surface area contributed by atoms with Gasteiger partial charge in [0.1, 0.15) is 12.1 Å².